The van der Waals surface area contributed by atoms with E-state index in [4.69, 9.17) is 0 Å². The minimum absolute atomic E-state index is 0.138. The second-order valence-corrected chi connectivity index (χ2v) is 18.8. The summed E-state index contributed by atoms with van der Waals surface area (Å²) in [5.74, 6) is -0.138. The molecule has 0 aromatic heterocycles. The lowest BCUT2D eigenvalue weighted by Gasteiger charge is -2.26. The van der Waals surface area contributed by atoms with Crippen LogP contribution >= 0.6 is 0 Å². The molecule has 0 radical (unpaired) electrons. The van der Waals surface area contributed by atoms with Crippen molar-refractivity contribution in [3.05, 3.63) is 0 Å². The number of carbonyl (C=O) groups is 1. The normalized spacial score (nSPS) is 13.3. The smallest absolute Gasteiger partial charge is 0.220 e. The fraction of sp³-hybridized carbons (Fsp3) is 0.981. The average molecular weight is 822 g/mol. The van der Waals surface area contributed by atoms with Crippen molar-refractivity contribution in [2.75, 3.05) is 6.61 Å². The topological polar surface area (TPSA) is 89.8 Å². The molecule has 5 nitrogen and oxygen atoms in total. The zero-order valence-corrected chi connectivity index (χ0v) is 39.7. The summed E-state index contributed by atoms with van der Waals surface area (Å²) < 4.78 is 0. The Morgan fingerprint density at radius 1 is 0.362 bits per heavy atom. The van der Waals surface area contributed by atoms with E-state index in [9.17, 15) is 20.1 Å². The third-order valence-corrected chi connectivity index (χ3v) is 13.0. The molecule has 0 fully saturated rings. The molecular weight excluding hydrogens is 715 g/mol. The first kappa shape index (κ1) is 57.3. The van der Waals surface area contributed by atoms with Crippen molar-refractivity contribution in [1.82, 2.24) is 5.32 Å². The van der Waals surface area contributed by atoms with E-state index < -0.39 is 18.2 Å². The predicted molar refractivity (Wildman–Crippen MR) is 255 cm³/mol. The fourth-order valence-electron chi connectivity index (χ4n) is 8.81. The molecule has 0 aliphatic heterocycles. The van der Waals surface area contributed by atoms with Crippen LogP contribution in [0.3, 0.4) is 0 Å². The Morgan fingerprint density at radius 3 is 0.828 bits per heavy atom. The van der Waals surface area contributed by atoms with Crippen LogP contribution in [-0.4, -0.2) is 46.1 Å². The van der Waals surface area contributed by atoms with Crippen molar-refractivity contribution in [3.63, 3.8) is 0 Å². The molecule has 348 valence electrons. The van der Waals surface area contributed by atoms with E-state index in [1.54, 1.807) is 0 Å². The first-order chi connectivity index (χ1) is 28.6. The highest BCUT2D eigenvalue weighted by molar-refractivity contribution is 5.76. The van der Waals surface area contributed by atoms with Crippen LogP contribution in [0.15, 0.2) is 0 Å². The summed E-state index contributed by atoms with van der Waals surface area (Å²) in [7, 11) is 0. The Balaban J connectivity index is 3.40. The van der Waals surface area contributed by atoms with Crippen LogP contribution in [0.1, 0.15) is 309 Å². The standard InChI is InChI=1S/C53H107NO4/c1-3-5-7-9-11-13-15-16-17-18-19-20-21-22-23-24-25-26-27-28-29-30-31-32-33-34-35-36-38-40-42-44-46-48-52(57)54-50(49-55)53(58)51(56)47-45-43-41-39-37-14-12-10-8-6-4-2/h50-51,53,55-56,58H,3-49H2,1-2H3,(H,54,57)/t50-,51+,53-/m0/s1. The number of aliphatic hydroxyl groups excluding tert-OH is 3. The van der Waals surface area contributed by atoms with E-state index in [0.717, 1.165) is 38.5 Å². The Morgan fingerprint density at radius 2 is 0.586 bits per heavy atom. The molecule has 0 aliphatic rings. The number of amides is 1. The molecule has 0 spiro atoms. The molecule has 0 bridgehead atoms. The Bertz CT molecular complexity index is 777. The molecule has 3 atom stereocenters. The van der Waals surface area contributed by atoms with Crippen molar-refractivity contribution >= 4 is 5.91 Å². The molecule has 58 heavy (non-hydrogen) atoms. The van der Waals surface area contributed by atoms with Gasteiger partial charge in [-0.05, 0) is 12.8 Å². The van der Waals surface area contributed by atoms with Gasteiger partial charge in [-0.25, -0.2) is 0 Å². The van der Waals surface area contributed by atoms with Crippen LogP contribution in [0.4, 0.5) is 0 Å². The molecule has 0 aromatic carbocycles. The monoisotopic (exact) mass is 822 g/mol. The van der Waals surface area contributed by atoms with Gasteiger partial charge in [0.25, 0.3) is 0 Å². The SMILES string of the molecule is CCCCCCCCCCCCCCCCCCCCCCCCCCCCCCCCCCCC(=O)N[C@@H](CO)[C@H](O)[C@H](O)CCCCCCCCCCCCC. The summed E-state index contributed by atoms with van der Waals surface area (Å²) in [6, 6.07) is -0.802. The highest BCUT2D eigenvalue weighted by Gasteiger charge is 2.26. The van der Waals surface area contributed by atoms with Crippen LogP contribution in [-0.2, 0) is 4.79 Å². The maximum absolute atomic E-state index is 12.5. The quantitative estimate of drug-likeness (QED) is 0.0460. The lowest BCUT2D eigenvalue weighted by atomic mass is 9.99. The molecule has 0 aliphatic carbocycles. The second kappa shape index (κ2) is 49.0. The molecular formula is C53H107NO4. The number of unbranched alkanes of at least 4 members (excludes halogenated alkanes) is 42. The van der Waals surface area contributed by atoms with Gasteiger partial charge < -0.3 is 20.6 Å². The van der Waals surface area contributed by atoms with Gasteiger partial charge in [-0.1, -0.05) is 290 Å². The highest BCUT2D eigenvalue weighted by atomic mass is 16.3. The van der Waals surface area contributed by atoms with Crippen LogP contribution < -0.4 is 5.32 Å². The molecule has 0 heterocycles. The van der Waals surface area contributed by atoms with Gasteiger partial charge in [-0.2, -0.15) is 0 Å². The molecule has 0 saturated heterocycles. The molecule has 1 amide bonds. The number of nitrogens with one attached hydrogen (secondary N) is 1. The summed E-state index contributed by atoms with van der Waals surface area (Å²) in [6.45, 7) is 4.20. The number of aliphatic hydroxyl groups is 3. The van der Waals surface area contributed by atoms with Crippen LogP contribution in [0, 0.1) is 0 Å². The minimum Gasteiger partial charge on any atom is -0.394 e. The summed E-state index contributed by atoms with van der Waals surface area (Å²) in [4.78, 5) is 12.5. The number of hydrogen-bond acceptors (Lipinski definition) is 4. The molecule has 5 heteroatoms. The third kappa shape index (κ3) is 43.4. The molecule has 0 rings (SSSR count). The number of carbonyl (C=O) groups excluding carboxylic acids is 1. The van der Waals surface area contributed by atoms with E-state index in [2.05, 4.69) is 19.2 Å². The van der Waals surface area contributed by atoms with E-state index in [1.807, 2.05) is 0 Å². The maximum atomic E-state index is 12.5. The molecule has 0 unspecified atom stereocenters. The van der Waals surface area contributed by atoms with Crippen molar-refractivity contribution in [1.29, 1.82) is 0 Å². The predicted octanol–water partition coefficient (Wildman–Crippen LogP) is 16.2. The number of rotatable bonds is 50. The van der Waals surface area contributed by atoms with Gasteiger partial charge in [-0.3, -0.25) is 4.79 Å². The lowest BCUT2D eigenvalue weighted by molar-refractivity contribution is -0.124. The van der Waals surface area contributed by atoms with Gasteiger partial charge in [-0.15, -0.1) is 0 Å². The van der Waals surface area contributed by atoms with Crippen molar-refractivity contribution in [3.8, 4) is 0 Å². The first-order valence-electron chi connectivity index (χ1n) is 26.8. The minimum atomic E-state index is -1.13. The Hall–Kier alpha value is -0.650. The van der Waals surface area contributed by atoms with Crippen LogP contribution in [0.5, 0.6) is 0 Å². The van der Waals surface area contributed by atoms with E-state index in [-0.39, 0.29) is 12.5 Å². The number of hydrogen-bond donors (Lipinski definition) is 4. The van der Waals surface area contributed by atoms with Gasteiger partial charge in [0.05, 0.1) is 18.8 Å². The van der Waals surface area contributed by atoms with Crippen molar-refractivity contribution in [2.24, 2.45) is 0 Å². The van der Waals surface area contributed by atoms with E-state index in [1.165, 1.54) is 244 Å². The molecule has 4 N–H and O–H groups in total. The van der Waals surface area contributed by atoms with Crippen molar-refractivity contribution in [2.45, 2.75) is 327 Å². The average Bonchev–Trinajstić information content (AvgIpc) is 3.23. The maximum Gasteiger partial charge on any atom is 0.220 e. The second-order valence-electron chi connectivity index (χ2n) is 18.8. The fourth-order valence-corrected chi connectivity index (χ4v) is 8.81. The van der Waals surface area contributed by atoms with Crippen LogP contribution in [0.2, 0.25) is 0 Å². The van der Waals surface area contributed by atoms with E-state index in [0.29, 0.717) is 12.8 Å². The summed E-state index contributed by atoms with van der Waals surface area (Å²) >= 11 is 0. The lowest BCUT2D eigenvalue weighted by Crippen LogP contribution is -2.50. The zero-order valence-electron chi connectivity index (χ0n) is 39.7. The van der Waals surface area contributed by atoms with Gasteiger partial charge in [0.15, 0.2) is 0 Å². The molecule has 0 aromatic rings. The summed E-state index contributed by atoms with van der Waals surface area (Å²) in [5.41, 5.74) is 0. The first-order valence-corrected chi connectivity index (χ1v) is 26.8. The van der Waals surface area contributed by atoms with Gasteiger partial charge in [0, 0.05) is 6.42 Å². The van der Waals surface area contributed by atoms with Gasteiger partial charge >= 0.3 is 0 Å². The molecule has 0 saturated carbocycles. The van der Waals surface area contributed by atoms with Gasteiger partial charge in [0.1, 0.15) is 6.10 Å². The summed E-state index contributed by atoms with van der Waals surface area (Å²) in [5, 5.41) is 33.5. The van der Waals surface area contributed by atoms with Gasteiger partial charge in [0.2, 0.25) is 5.91 Å². The highest BCUT2D eigenvalue weighted by Crippen LogP contribution is 2.18. The third-order valence-electron chi connectivity index (χ3n) is 13.0. The Labute approximate surface area is 364 Å². The Kier molecular flexibility index (Phi) is 48.5. The zero-order chi connectivity index (χ0) is 42.3. The van der Waals surface area contributed by atoms with Crippen LogP contribution in [0.25, 0.3) is 0 Å². The van der Waals surface area contributed by atoms with E-state index >= 15 is 0 Å². The van der Waals surface area contributed by atoms with Crippen molar-refractivity contribution < 1.29 is 20.1 Å². The summed E-state index contributed by atoms with van der Waals surface area (Å²) in [6.07, 6.45) is 58.4. The largest absolute Gasteiger partial charge is 0.394 e.